The second-order valence-electron chi connectivity index (χ2n) is 4.22. The van der Waals surface area contributed by atoms with E-state index in [1.54, 1.807) is 7.11 Å². The molecule has 0 saturated heterocycles. The minimum Gasteiger partial charge on any atom is -0.383 e. The van der Waals surface area contributed by atoms with Gasteiger partial charge in [0.2, 0.25) is 0 Å². The Morgan fingerprint density at radius 3 is 2.47 bits per heavy atom. The highest BCUT2D eigenvalue weighted by Gasteiger charge is 2.18. The molecule has 92 valence electrons. The van der Waals surface area contributed by atoms with E-state index >= 15 is 0 Å². The lowest BCUT2D eigenvalue weighted by Crippen LogP contribution is -2.47. The first-order valence-corrected chi connectivity index (χ1v) is 6.08. The fourth-order valence-electron chi connectivity index (χ4n) is 1.81. The maximum Gasteiger partial charge on any atom is 0.0630 e. The van der Waals surface area contributed by atoms with Crippen LogP contribution >= 0.6 is 0 Å². The quantitative estimate of drug-likeness (QED) is 0.635. The first-order valence-electron chi connectivity index (χ1n) is 6.08. The normalized spacial score (nSPS) is 15.6. The molecule has 0 heterocycles. The standard InChI is InChI=1S/C12H28N2O/c1-6-8-11(3)14(4)12(10-15-5)9-13-7-2/h11-13H,6-10H2,1-5H3. The number of nitrogens with one attached hydrogen (secondary N) is 1. The van der Waals surface area contributed by atoms with Gasteiger partial charge < -0.3 is 10.1 Å². The molecular weight excluding hydrogens is 188 g/mol. The summed E-state index contributed by atoms with van der Waals surface area (Å²) in [5, 5.41) is 3.39. The maximum absolute atomic E-state index is 5.27. The van der Waals surface area contributed by atoms with E-state index in [4.69, 9.17) is 4.74 Å². The summed E-state index contributed by atoms with van der Waals surface area (Å²) in [6.07, 6.45) is 2.50. The van der Waals surface area contributed by atoms with Crippen molar-refractivity contribution in [2.24, 2.45) is 0 Å². The molecule has 15 heavy (non-hydrogen) atoms. The Morgan fingerprint density at radius 1 is 1.33 bits per heavy atom. The highest BCUT2D eigenvalue weighted by molar-refractivity contribution is 4.75. The zero-order valence-corrected chi connectivity index (χ0v) is 11.0. The van der Waals surface area contributed by atoms with E-state index in [0.717, 1.165) is 19.7 Å². The Bertz CT molecular complexity index is 142. The van der Waals surface area contributed by atoms with Crippen LogP contribution in [0.25, 0.3) is 0 Å². The molecule has 0 aliphatic heterocycles. The predicted molar refractivity (Wildman–Crippen MR) is 66.3 cm³/mol. The molecule has 0 amide bonds. The summed E-state index contributed by atoms with van der Waals surface area (Å²) in [7, 11) is 3.97. The molecule has 0 aliphatic rings. The molecular formula is C12H28N2O. The van der Waals surface area contributed by atoms with Crippen molar-refractivity contribution in [2.45, 2.75) is 45.7 Å². The third-order valence-electron chi connectivity index (χ3n) is 2.97. The number of rotatable bonds is 9. The molecule has 0 rings (SSSR count). The summed E-state index contributed by atoms with van der Waals surface area (Å²) in [5.74, 6) is 0. The van der Waals surface area contributed by atoms with Crippen molar-refractivity contribution in [3.05, 3.63) is 0 Å². The molecule has 3 nitrogen and oxygen atoms in total. The van der Waals surface area contributed by atoms with E-state index in [1.165, 1.54) is 12.8 Å². The molecule has 0 aromatic carbocycles. The number of likely N-dealkylation sites (N-methyl/N-ethyl adjacent to an activating group) is 2. The topological polar surface area (TPSA) is 24.5 Å². The van der Waals surface area contributed by atoms with Crippen LogP contribution in [0.1, 0.15) is 33.6 Å². The summed E-state index contributed by atoms with van der Waals surface area (Å²) < 4.78 is 5.27. The number of methoxy groups -OCH3 is 1. The van der Waals surface area contributed by atoms with Crippen molar-refractivity contribution in [2.75, 3.05) is 33.9 Å². The third kappa shape index (κ3) is 6.13. The van der Waals surface area contributed by atoms with Crippen molar-refractivity contribution in [1.29, 1.82) is 0 Å². The Hall–Kier alpha value is -0.120. The van der Waals surface area contributed by atoms with Crippen LogP contribution in [0.5, 0.6) is 0 Å². The van der Waals surface area contributed by atoms with Gasteiger partial charge in [-0.2, -0.15) is 0 Å². The average molecular weight is 216 g/mol. The van der Waals surface area contributed by atoms with Gasteiger partial charge in [0.05, 0.1) is 6.61 Å². The van der Waals surface area contributed by atoms with Crippen LogP contribution in [0.2, 0.25) is 0 Å². The average Bonchev–Trinajstić information content (AvgIpc) is 2.23. The molecule has 0 bridgehead atoms. The molecule has 0 spiro atoms. The van der Waals surface area contributed by atoms with E-state index in [0.29, 0.717) is 12.1 Å². The van der Waals surface area contributed by atoms with Gasteiger partial charge in [0, 0.05) is 25.7 Å². The van der Waals surface area contributed by atoms with Crippen molar-refractivity contribution in [3.8, 4) is 0 Å². The van der Waals surface area contributed by atoms with Crippen LogP contribution < -0.4 is 5.32 Å². The van der Waals surface area contributed by atoms with Crippen LogP contribution in [0, 0.1) is 0 Å². The second kappa shape index (κ2) is 9.13. The fraction of sp³-hybridized carbons (Fsp3) is 1.00. The van der Waals surface area contributed by atoms with Crippen molar-refractivity contribution >= 4 is 0 Å². The van der Waals surface area contributed by atoms with Gasteiger partial charge >= 0.3 is 0 Å². The van der Waals surface area contributed by atoms with Crippen LogP contribution in [0.4, 0.5) is 0 Å². The maximum atomic E-state index is 5.27. The number of ether oxygens (including phenoxy) is 1. The van der Waals surface area contributed by atoms with E-state index in [9.17, 15) is 0 Å². The lowest BCUT2D eigenvalue weighted by Gasteiger charge is -2.32. The van der Waals surface area contributed by atoms with Gasteiger partial charge in [-0.25, -0.2) is 0 Å². The van der Waals surface area contributed by atoms with Crippen LogP contribution in [-0.2, 0) is 4.74 Å². The summed E-state index contributed by atoms with van der Waals surface area (Å²) in [6.45, 7) is 9.50. The first kappa shape index (κ1) is 14.9. The number of nitrogens with zero attached hydrogens (tertiary/aromatic N) is 1. The van der Waals surface area contributed by atoms with E-state index < -0.39 is 0 Å². The lowest BCUT2D eigenvalue weighted by molar-refractivity contribution is 0.0814. The van der Waals surface area contributed by atoms with E-state index in [-0.39, 0.29) is 0 Å². The smallest absolute Gasteiger partial charge is 0.0630 e. The zero-order valence-electron chi connectivity index (χ0n) is 11.0. The molecule has 2 unspecified atom stereocenters. The van der Waals surface area contributed by atoms with Gasteiger partial charge in [-0.15, -0.1) is 0 Å². The molecule has 0 fully saturated rings. The largest absolute Gasteiger partial charge is 0.383 e. The minimum absolute atomic E-state index is 0.483. The van der Waals surface area contributed by atoms with Gasteiger partial charge in [-0.3, -0.25) is 4.90 Å². The highest BCUT2D eigenvalue weighted by Crippen LogP contribution is 2.08. The zero-order chi connectivity index (χ0) is 11.7. The van der Waals surface area contributed by atoms with E-state index in [1.807, 2.05) is 0 Å². The highest BCUT2D eigenvalue weighted by atomic mass is 16.5. The van der Waals surface area contributed by atoms with Crippen molar-refractivity contribution < 1.29 is 4.74 Å². The molecule has 0 aromatic rings. The molecule has 0 radical (unpaired) electrons. The van der Waals surface area contributed by atoms with Gasteiger partial charge in [0.15, 0.2) is 0 Å². The molecule has 3 heteroatoms. The van der Waals surface area contributed by atoms with Gasteiger partial charge in [0.25, 0.3) is 0 Å². The monoisotopic (exact) mass is 216 g/mol. The Labute approximate surface area is 95.2 Å². The molecule has 1 N–H and O–H groups in total. The number of hydrogen-bond acceptors (Lipinski definition) is 3. The SMILES string of the molecule is CCCC(C)N(C)C(CNCC)COC. The Balaban J connectivity index is 4.06. The van der Waals surface area contributed by atoms with Crippen LogP contribution in [0.3, 0.4) is 0 Å². The van der Waals surface area contributed by atoms with Crippen molar-refractivity contribution in [1.82, 2.24) is 10.2 Å². The lowest BCUT2D eigenvalue weighted by atomic mass is 10.1. The summed E-state index contributed by atoms with van der Waals surface area (Å²) >= 11 is 0. The summed E-state index contributed by atoms with van der Waals surface area (Å²) in [5.41, 5.74) is 0. The number of hydrogen-bond donors (Lipinski definition) is 1. The second-order valence-corrected chi connectivity index (χ2v) is 4.22. The van der Waals surface area contributed by atoms with Gasteiger partial charge in [-0.05, 0) is 26.9 Å². The van der Waals surface area contributed by atoms with Crippen LogP contribution in [-0.4, -0.2) is 50.8 Å². The molecule has 0 aromatic heterocycles. The van der Waals surface area contributed by atoms with Gasteiger partial charge in [-0.1, -0.05) is 20.3 Å². The van der Waals surface area contributed by atoms with E-state index in [2.05, 4.69) is 38.0 Å². The Kier molecular flexibility index (Phi) is 9.06. The summed E-state index contributed by atoms with van der Waals surface area (Å²) in [4.78, 5) is 2.43. The fourth-order valence-corrected chi connectivity index (χ4v) is 1.81. The molecule has 0 saturated carbocycles. The van der Waals surface area contributed by atoms with Gasteiger partial charge in [0.1, 0.15) is 0 Å². The molecule has 0 aliphatic carbocycles. The van der Waals surface area contributed by atoms with Crippen LogP contribution in [0.15, 0.2) is 0 Å². The molecule has 2 atom stereocenters. The summed E-state index contributed by atoms with van der Waals surface area (Å²) in [6, 6.07) is 1.12. The Morgan fingerprint density at radius 2 is 2.00 bits per heavy atom. The third-order valence-corrected chi connectivity index (χ3v) is 2.97. The minimum atomic E-state index is 0.483. The van der Waals surface area contributed by atoms with Crippen molar-refractivity contribution in [3.63, 3.8) is 0 Å². The predicted octanol–water partition coefficient (Wildman–Crippen LogP) is 1.73. The first-order chi connectivity index (χ1) is 7.17.